The average Bonchev–Trinajstić information content (AvgIpc) is 2.79. The summed E-state index contributed by atoms with van der Waals surface area (Å²) in [4.78, 5) is 22.2. The molecule has 3 rings (SSSR count). The number of halogens is 1. The van der Waals surface area contributed by atoms with Crippen molar-refractivity contribution in [2.24, 2.45) is 0 Å². The Morgan fingerprint density at radius 1 is 1.09 bits per heavy atom. The highest BCUT2D eigenvalue weighted by Crippen LogP contribution is 2.40. The molecular weight excluding hydrogens is 453 g/mol. The number of esters is 1. The molecule has 35 heavy (non-hydrogen) atoms. The van der Waals surface area contributed by atoms with Crippen LogP contribution < -0.4 is 20.1 Å². The van der Waals surface area contributed by atoms with Gasteiger partial charge in [0, 0.05) is 53.3 Å². The molecule has 0 radical (unpaired) electrons. The third-order valence-corrected chi connectivity index (χ3v) is 6.05. The largest absolute Gasteiger partial charge is 0.497 e. The summed E-state index contributed by atoms with van der Waals surface area (Å²) >= 11 is 0. The summed E-state index contributed by atoms with van der Waals surface area (Å²) in [5, 5.41) is 6.35. The number of carbonyl (C=O) groups is 1. The first-order valence-electron chi connectivity index (χ1n) is 11.3. The Labute approximate surface area is 205 Å². The Balaban J connectivity index is 1.79. The molecule has 0 atom stereocenters. The molecule has 9 nitrogen and oxygen atoms in total. The van der Waals surface area contributed by atoms with Gasteiger partial charge in [-0.3, -0.25) is 0 Å². The molecule has 0 spiro atoms. The van der Waals surface area contributed by atoms with E-state index in [-0.39, 0.29) is 28.9 Å². The van der Waals surface area contributed by atoms with Gasteiger partial charge >= 0.3 is 5.97 Å². The normalized spacial score (nSPS) is 17.2. The monoisotopic (exact) mass is 487 g/mol. The second-order valence-corrected chi connectivity index (χ2v) is 9.70. The zero-order valence-corrected chi connectivity index (χ0v) is 21.3. The number of ether oxygens (including phenoxy) is 3. The molecule has 1 aliphatic heterocycles. The van der Waals surface area contributed by atoms with Crippen molar-refractivity contribution in [2.45, 2.75) is 57.7 Å². The predicted molar refractivity (Wildman–Crippen MR) is 133 cm³/mol. The number of nitrogens with zero attached hydrogens (tertiary/aromatic N) is 3. The van der Waals surface area contributed by atoms with Crippen LogP contribution in [0.4, 0.5) is 21.8 Å². The standard InChI is InChI=1S/C25H34FN5O4/c1-24(2)13-17(14-25(3,4)31(24)9-8-21(32)35-7)28-22-20(26)15-27-23(30-22)29-16-10-18(33-5)12-19(11-16)34-6/h8-12,15,17H,13-14H2,1-7H3,(H2,27,28,29,30). The fourth-order valence-electron chi connectivity index (χ4n) is 4.73. The van der Waals surface area contributed by atoms with Crippen molar-refractivity contribution in [3.63, 3.8) is 0 Å². The number of methoxy groups -OCH3 is 3. The van der Waals surface area contributed by atoms with E-state index in [1.807, 2.05) is 0 Å². The van der Waals surface area contributed by atoms with Crippen LogP contribution in [0.2, 0.25) is 0 Å². The zero-order valence-electron chi connectivity index (χ0n) is 21.3. The van der Waals surface area contributed by atoms with E-state index in [9.17, 15) is 9.18 Å². The minimum atomic E-state index is -0.539. The second-order valence-electron chi connectivity index (χ2n) is 9.70. The molecule has 190 valence electrons. The van der Waals surface area contributed by atoms with Crippen LogP contribution in [0.3, 0.4) is 0 Å². The van der Waals surface area contributed by atoms with Crippen LogP contribution in [0.5, 0.6) is 11.5 Å². The number of hydrogen-bond donors (Lipinski definition) is 2. The first-order chi connectivity index (χ1) is 16.5. The summed E-state index contributed by atoms with van der Waals surface area (Å²) < 4.78 is 30.0. The SMILES string of the molecule is COC(=O)C=CN1C(C)(C)CC(Nc2nc(Nc3cc(OC)cc(OC)c3)ncc2F)CC1(C)C. The van der Waals surface area contributed by atoms with E-state index in [1.54, 1.807) is 38.6 Å². The Morgan fingerprint density at radius 2 is 1.69 bits per heavy atom. The van der Waals surface area contributed by atoms with Gasteiger partial charge in [-0.1, -0.05) is 0 Å². The lowest BCUT2D eigenvalue weighted by Crippen LogP contribution is -2.60. The van der Waals surface area contributed by atoms with Gasteiger partial charge in [-0.15, -0.1) is 0 Å². The summed E-state index contributed by atoms with van der Waals surface area (Å²) in [5.74, 6) is 0.610. The maximum absolute atomic E-state index is 14.7. The number of hydrogen-bond acceptors (Lipinski definition) is 9. The van der Waals surface area contributed by atoms with Gasteiger partial charge in [-0.25, -0.2) is 14.2 Å². The average molecular weight is 488 g/mol. The molecule has 1 saturated heterocycles. The number of carbonyl (C=O) groups excluding carboxylic acids is 1. The Bertz CT molecular complexity index is 1050. The van der Waals surface area contributed by atoms with E-state index in [2.05, 4.69) is 53.2 Å². The fourth-order valence-corrected chi connectivity index (χ4v) is 4.73. The minimum Gasteiger partial charge on any atom is -0.497 e. The van der Waals surface area contributed by atoms with Crippen molar-refractivity contribution in [1.29, 1.82) is 0 Å². The van der Waals surface area contributed by atoms with Gasteiger partial charge in [0.25, 0.3) is 0 Å². The van der Waals surface area contributed by atoms with Crippen LogP contribution in [-0.2, 0) is 9.53 Å². The van der Waals surface area contributed by atoms with Crippen molar-refractivity contribution in [1.82, 2.24) is 14.9 Å². The van der Waals surface area contributed by atoms with Crippen molar-refractivity contribution in [3.8, 4) is 11.5 Å². The summed E-state index contributed by atoms with van der Waals surface area (Å²) in [5.41, 5.74) is 0.0175. The van der Waals surface area contributed by atoms with Gasteiger partial charge in [0.15, 0.2) is 11.6 Å². The lowest BCUT2D eigenvalue weighted by molar-refractivity contribution is -0.135. The summed E-state index contributed by atoms with van der Waals surface area (Å²) in [6.07, 6.45) is 5.73. The first kappa shape index (κ1) is 26.1. The summed E-state index contributed by atoms with van der Waals surface area (Å²) in [7, 11) is 4.48. The van der Waals surface area contributed by atoms with E-state index in [0.29, 0.717) is 30.0 Å². The van der Waals surface area contributed by atoms with Crippen LogP contribution in [0.1, 0.15) is 40.5 Å². The number of nitrogens with one attached hydrogen (secondary N) is 2. The van der Waals surface area contributed by atoms with Gasteiger partial charge in [0.1, 0.15) is 11.5 Å². The van der Waals surface area contributed by atoms with Crippen LogP contribution in [0.15, 0.2) is 36.7 Å². The van der Waals surface area contributed by atoms with Crippen LogP contribution in [-0.4, -0.2) is 59.3 Å². The number of anilines is 3. The molecule has 1 aliphatic rings. The van der Waals surface area contributed by atoms with Gasteiger partial charge < -0.3 is 29.7 Å². The third-order valence-electron chi connectivity index (χ3n) is 6.05. The Hall–Kier alpha value is -3.56. The number of aromatic nitrogens is 2. The predicted octanol–water partition coefficient (Wildman–Crippen LogP) is 4.50. The van der Waals surface area contributed by atoms with E-state index < -0.39 is 11.8 Å². The van der Waals surface area contributed by atoms with Crippen LogP contribution in [0, 0.1) is 5.82 Å². The lowest BCUT2D eigenvalue weighted by atomic mass is 9.77. The molecule has 0 unspecified atom stereocenters. The highest BCUT2D eigenvalue weighted by atomic mass is 19.1. The zero-order chi connectivity index (χ0) is 25.8. The number of rotatable bonds is 8. The van der Waals surface area contributed by atoms with E-state index in [0.717, 1.165) is 6.20 Å². The van der Waals surface area contributed by atoms with Crippen molar-refractivity contribution >= 4 is 23.4 Å². The first-order valence-corrected chi connectivity index (χ1v) is 11.3. The van der Waals surface area contributed by atoms with Gasteiger partial charge in [-0.2, -0.15) is 4.98 Å². The molecule has 2 heterocycles. The van der Waals surface area contributed by atoms with E-state index in [4.69, 9.17) is 14.2 Å². The number of likely N-dealkylation sites (tertiary alicyclic amines) is 1. The number of piperidine rings is 1. The number of benzene rings is 1. The highest BCUT2D eigenvalue weighted by molar-refractivity contribution is 5.81. The third kappa shape index (κ3) is 6.32. The molecule has 2 N–H and O–H groups in total. The van der Waals surface area contributed by atoms with E-state index >= 15 is 0 Å². The molecule has 0 saturated carbocycles. The Kier molecular flexibility index (Phi) is 7.72. The Morgan fingerprint density at radius 3 is 2.23 bits per heavy atom. The fraction of sp³-hybridized carbons (Fsp3) is 0.480. The van der Waals surface area contributed by atoms with Gasteiger partial charge in [-0.05, 0) is 40.5 Å². The van der Waals surface area contributed by atoms with Crippen molar-refractivity contribution < 1.29 is 23.4 Å². The quantitative estimate of drug-likeness (QED) is 0.412. The molecule has 10 heteroatoms. The molecule has 1 aromatic carbocycles. The van der Waals surface area contributed by atoms with E-state index in [1.165, 1.54) is 13.2 Å². The lowest BCUT2D eigenvalue weighted by Gasteiger charge is -2.55. The molecule has 2 aromatic rings. The smallest absolute Gasteiger partial charge is 0.331 e. The highest BCUT2D eigenvalue weighted by Gasteiger charge is 2.44. The molecule has 1 aromatic heterocycles. The van der Waals surface area contributed by atoms with Crippen LogP contribution >= 0.6 is 0 Å². The molecule has 0 amide bonds. The van der Waals surface area contributed by atoms with Crippen molar-refractivity contribution in [2.75, 3.05) is 32.0 Å². The molecular formula is C25H34FN5O4. The topological polar surface area (TPSA) is 97.8 Å². The summed E-state index contributed by atoms with van der Waals surface area (Å²) in [6, 6.07) is 5.23. The minimum absolute atomic E-state index is 0.0584. The van der Waals surface area contributed by atoms with Gasteiger partial charge in [0.05, 0.1) is 27.5 Å². The summed E-state index contributed by atoms with van der Waals surface area (Å²) in [6.45, 7) is 8.35. The maximum atomic E-state index is 14.7. The maximum Gasteiger partial charge on any atom is 0.331 e. The second kappa shape index (κ2) is 10.4. The molecule has 0 aliphatic carbocycles. The van der Waals surface area contributed by atoms with Crippen molar-refractivity contribution in [3.05, 3.63) is 42.5 Å². The van der Waals surface area contributed by atoms with Crippen LogP contribution in [0.25, 0.3) is 0 Å². The molecule has 0 bridgehead atoms. The van der Waals surface area contributed by atoms with Gasteiger partial charge in [0.2, 0.25) is 5.95 Å². The molecule has 1 fully saturated rings.